The van der Waals surface area contributed by atoms with Crippen LogP contribution in [-0.4, -0.2) is 34.9 Å². The van der Waals surface area contributed by atoms with Crippen molar-refractivity contribution in [3.8, 4) is 22.5 Å². The summed E-state index contributed by atoms with van der Waals surface area (Å²) in [6.07, 6.45) is 0. The summed E-state index contributed by atoms with van der Waals surface area (Å²) < 4.78 is 0. The van der Waals surface area contributed by atoms with E-state index in [1.165, 1.54) is 0 Å². The number of halogens is 2. The molecule has 8 heteroatoms. The van der Waals surface area contributed by atoms with Gasteiger partial charge in [-0.25, -0.2) is 9.97 Å². The van der Waals surface area contributed by atoms with Crippen molar-refractivity contribution < 1.29 is 9.59 Å². The summed E-state index contributed by atoms with van der Waals surface area (Å²) in [5, 5.41) is 8.77. The molecule has 6 nitrogen and oxygen atoms in total. The van der Waals surface area contributed by atoms with Crippen LogP contribution in [0, 0.1) is 5.41 Å². The van der Waals surface area contributed by atoms with Crippen molar-refractivity contribution in [3.05, 3.63) is 130 Å². The van der Waals surface area contributed by atoms with Gasteiger partial charge >= 0.3 is 0 Å². The highest BCUT2D eigenvalue weighted by Gasteiger charge is 2.23. The van der Waals surface area contributed by atoms with Gasteiger partial charge in [-0.2, -0.15) is 0 Å². The summed E-state index contributed by atoms with van der Waals surface area (Å²) in [5.74, 6) is -0.461. The van der Waals surface area contributed by atoms with Gasteiger partial charge in [0.15, 0.2) is 0 Å². The third-order valence-corrected chi connectivity index (χ3v) is 8.34. The topological polar surface area (TPSA) is 84.0 Å². The van der Waals surface area contributed by atoms with Gasteiger partial charge in [-0.1, -0.05) is 110 Å². The molecule has 0 atom stereocenters. The van der Waals surface area contributed by atoms with Crippen molar-refractivity contribution in [2.75, 3.05) is 13.1 Å². The number of nitrogens with one attached hydrogen (secondary N) is 2. The zero-order valence-corrected chi connectivity index (χ0v) is 26.3. The number of rotatable bonds is 8. The van der Waals surface area contributed by atoms with Crippen molar-refractivity contribution in [2.45, 2.75) is 13.8 Å². The Bertz CT molecular complexity index is 1930. The number of hydrogen-bond donors (Lipinski definition) is 2. The molecule has 0 bridgehead atoms. The highest BCUT2D eigenvalue weighted by atomic mass is 35.5. The van der Waals surface area contributed by atoms with E-state index in [9.17, 15) is 9.59 Å². The third-order valence-electron chi connectivity index (χ3n) is 7.68. The van der Waals surface area contributed by atoms with Crippen LogP contribution in [-0.2, 0) is 0 Å². The molecule has 0 saturated heterocycles. The Labute approximate surface area is 271 Å². The summed E-state index contributed by atoms with van der Waals surface area (Å²) in [6.45, 7) is 4.64. The summed E-state index contributed by atoms with van der Waals surface area (Å²) in [5.41, 5.74) is 4.70. The fraction of sp³-hybridized carbons (Fsp3) is 0.135. The highest BCUT2D eigenvalue weighted by molar-refractivity contribution is 6.33. The molecule has 0 fully saturated rings. The lowest BCUT2D eigenvalue weighted by Crippen LogP contribution is -2.42. The van der Waals surface area contributed by atoms with Crippen LogP contribution in [0.5, 0.6) is 0 Å². The molecule has 6 aromatic rings. The minimum Gasteiger partial charge on any atom is -0.351 e. The van der Waals surface area contributed by atoms with Crippen LogP contribution in [0.4, 0.5) is 0 Å². The molecule has 0 aliphatic rings. The van der Waals surface area contributed by atoms with Gasteiger partial charge in [-0.05, 0) is 41.8 Å². The van der Waals surface area contributed by atoms with Crippen LogP contribution in [0.15, 0.2) is 109 Å². The van der Waals surface area contributed by atoms with E-state index < -0.39 is 5.41 Å². The molecule has 224 valence electrons. The normalized spacial score (nSPS) is 11.5. The lowest BCUT2D eigenvalue weighted by molar-refractivity contribution is 0.0921. The lowest BCUT2D eigenvalue weighted by Gasteiger charge is -2.26. The first-order valence-corrected chi connectivity index (χ1v) is 15.3. The fourth-order valence-electron chi connectivity index (χ4n) is 5.23. The van der Waals surface area contributed by atoms with Gasteiger partial charge in [-0.15, -0.1) is 0 Å². The predicted molar refractivity (Wildman–Crippen MR) is 183 cm³/mol. The number of amides is 2. The van der Waals surface area contributed by atoms with Gasteiger partial charge in [0.1, 0.15) is 0 Å². The second-order valence-corrected chi connectivity index (χ2v) is 12.4. The number of aromatic nitrogens is 2. The monoisotopic (exact) mass is 632 g/mol. The van der Waals surface area contributed by atoms with Gasteiger partial charge in [-0.3, -0.25) is 9.59 Å². The number of nitrogens with zero attached hydrogens (tertiary/aromatic N) is 2. The first kappa shape index (κ1) is 30.3. The quantitative estimate of drug-likeness (QED) is 0.176. The van der Waals surface area contributed by atoms with Crippen LogP contribution in [0.2, 0.25) is 10.0 Å². The van der Waals surface area contributed by atoms with Gasteiger partial charge in [0, 0.05) is 45.0 Å². The first-order chi connectivity index (χ1) is 21.7. The van der Waals surface area contributed by atoms with Gasteiger partial charge in [0.2, 0.25) is 0 Å². The largest absolute Gasteiger partial charge is 0.351 e. The van der Waals surface area contributed by atoms with Gasteiger partial charge in [0.25, 0.3) is 11.8 Å². The van der Waals surface area contributed by atoms with E-state index in [0.717, 1.165) is 21.9 Å². The predicted octanol–water partition coefficient (Wildman–Crippen LogP) is 8.61. The van der Waals surface area contributed by atoms with Crippen LogP contribution < -0.4 is 10.6 Å². The summed E-state index contributed by atoms with van der Waals surface area (Å²) >= 11 is 12.9. The van der Waals surface area contributed by atoms with Gasteiger partial charge < -0.3 is 10.6 Å². The van der Waals surface area contributed by atoms with Crippen molar-refractivity contribution in [1.82, 2.24) is 20.6 Å². The van der Waals surface area contributed by atoms with Crippen molar-refractivity contribution in [1.29, 1.82) is 0 Å². The number of carbonyl (C=O) groups excluding carboxylic acids is 2. The molecule has 0 saturated carbocycles. The maximum atomic E-state index is 13.6. The Morgan fingerprint density at radius 1 is 0.600 bits per heavy atom. The molecule has 0 aliphatic carbocycles. The molecular formula is C37H30Cl2N4O2. The summed E-state index contributed by atoms with van der Waals surface area (Å²) in [7, 11) is 0. The highest BCUT2D eigenvalue weighted by Crippen LogP contribution is 2.31. The average molecular weight is 634 g/mol. The number of benzene rings is 4. The maximum absolute atomic E-state index is 13.6. The summed E-state index contributed by atoms with van der Waals surface area (Å²) in [4.78, 5) is 36.7. The number of fused-ring (bicyclic) bond motifs is 2. The number of para-hydroxylation sites is 2. The molecule has 0 spiro atoms. The Hall–Kier alpha value is -4.78. The minimum absolute atomic E-state index is 0.231. The van der Waals surface area contributed by atoms with E-state index >= 15 is 0 Å². The van der Waals surface area contributed by atoms with Crippen molar-refractivity contribution in [3.63, 3.8) is 0 Å². The summed E-state index contributed by atoms with van der Waals surface area (Å²) in [6, 6.07) is 33.5. The standard InChI is InChI=1S/C37H30Cl2N4O2/c1-37(2,21-40-35(44)27-19-33(25-13-3-7-15-29(25)38)42-31-17-9-5-11-23(27)31)22-41-36(45)28-20-34(26-14-4-8-16-30(26)39)43-32-18-10-6-12-24(28)32/h3-20H,21-22H2,1-2H3,(H,40,44)(H,41,45). The van der Waals surface area contributed by atoms with Crippen LogP contribution >= 0.6 is 23.2 Å². The Morgan fingerprint density at radius 2 is 0.978 bits per heavy atom. The maximum Gasteiger partial charge on any atom is 0.252 e. The van der Waals surface area contributed by atoms with Crippen LogP contribution in [0.1, 0.15) is 34.6 Å². The SMILES string of the molecule is CC(C)(CNC(=O)c1cc(-c2ccccc2Cl)nc2ccccc12)CNC(=O)c1cc(-c2ccccc2Cl)nc2ccccc12. The Balaban J connectivity index is 1.20. The molecular weight excluding hydrogens is 603 g/mol. The zero-order chi connectivity index (χ0) is 31.6. The van der Waals surface area contributed by atoms with E-state index in [4.69, 9.17) is 33.2 Å². The first-order valence-electron chi connectivity index (χ1n) is 14.6. The molecule has 4 aromatic carbocycles. The van der Waals surface area contributed by atoms with E-state index in [0.29, 0.717) is 56.7 Å². The number of pyridine rings is 2. The van der Waals surface area contributed by atoms with Crippen molar-refractivity contribution in [2.24, 2.45) is 5.41 Å². The third kappa shape index (κ3) is 6.53. The second kappa shape index (κ2) is 12.7. The van der Waals surface area contributed by atoms with Gasteiger partial charge in [0.05, 0.1) is 33.5 Å². The van der Waals surface area contributed by atoms with Crippen molar-refractivity contribution >= 4 is 56.8 Å². The smallest absolute Gasteiger partial charge is 0.252 e. The molecule has 2 aromatic heterocycles. The molecule has 0 aliphatic heterocycles. The minimum atomic E-state index is -0.464. The molecule has 2 heterocycles. The van der Waals surface area contributed by atoms with Crippen LogP contribution in [0.25, 0.3) is 44.3 Å². The molecule has 45 heavy (non-hydrogen) atoms. The molecule has 6 rings (SSSR count). The Kier molecular flexibility index (Phi) is 8.52. The van der Waals surface area contributed by atoms with Crippen LogP contribution in [0.3, 0.4) is 0 Å². The van der Waals surface area contributed by atoms with E-state index in [1.54, 1.807) is 24.3 Å². The molecule has 2 N–H and O–H groups in total. The number of carbonyl (C=O) groups is 2. The average Bonchev–Trinajstić information content (AvgIpc) is 3.05. The molecule has 0 radical (unpaired) electrons. The second-order valence-electron chi connectivity index (χ2n) is 11.6. The van der Waals surface area contributed by atoms with E-state index in [-0.39, 0.29) is 11.8 Å². The molecule has 0 unspecified atom stereocenters. The Morgan fingerprint density at radius 3 is 1.40 bits per heavy atom. The lowest BCUT2D eigenvalue weighted by atomic mass is 9.92. The van der Waals surface area contributed by atoms with E-state index in [2.05, 4.69) is 10.6 Å². The zero-order valence-electron chi connectivity index (χ0n) is 24.8. The number of hydrogen-bond acceptors (Lipinski definition) is 4. The van der Waals surface area contributed by atoms with E-state index in [1.807, 2.05) is 98.8 Å². The molecule has 2 amide bonds. The fourth-order valence-corrected chi connectivity index (χ4v) is 5.70.